The number of benzene rings is 5. The smallest absolute Gasteiger partial charge is 0.124 e. The number of fused-ring (bicyclic) bond motifs is 3. The summed E-state index contributed by atoms with van der Waals surface area (Å²) in [6, 6.07) is 31.1. The normalized spacial score (nSPS) is 11.4. The molecule has 0 atom stereocenters. The van der Waals surface area contributed by atoms with E-state index in [2.05, 4.69) is 66.7 Å². The molecule has 0 unspecified atom stereocenters. The van der Waals surface area contributed by atoms with Crippen molar-refractivity contribution in [3.8, 4) is 16.9 Å². The number of rotatable bonds is 1. The van der Waals surface area contributed by atoms with E-state index in [0.717, 1.165) is 27.3 Å². The molecule has 0 amide bonds. The number of hydrogen-bond donors (Lipinski definition) is 1. The first-order valence-electron chi connectivity index (χ1n) is 8.44. The highest BCUT2D eigenvalue weighted by molar-refractivity contribution is 6.10. The van der Waals surface area contributed by atoms with Gasteiger partial charge in [-0.1, -0.05) is 72.8 Å². The van der Waals surface area contributed by atoms with E-state index in [1.165, 1.54) is 16.2 Å². The molecule has 5 rings (SSSR count). The van der Waals surface area contributed by atoms with Crippen LogP contribution in [-0.4, -0.2) is 5.11 Å². The lowest BCUT2D eigenvalue weighted by atomic mass is 9.92. The molecule has 0 aliphatic rings. The third kappa shape index (κ3) is 2.17. The van der Waals surface area contributed by atoms with Crippen molar-refractivity contribution in [1.29, 1.82) is 0 Å². The van der Waals surface area contributed by atoms with Crippen molar-refractivity contribution in [1.82, 2.24) is 0 Å². The zero-order chi connectivity index (χ0) is 16.8. The van der Waals surface area contributed by atoms with E-state index in [-0.39, 0.29) is 0 Å². The molecule has 0 saturated carbocycles. The van der Waals surface area contributed by atoms with Crippen LogP contribution in [0.5, 0.6) is 5.75 Å². The summed E-state index contributed by atoms with van der Waals surface area (Å²) in [7, 11) is 0. The summed E-state index contributed by atoms with van der Waals surface area (Å²) in [5, 5.41) is 17.6. The van der Waals surface area contributed by atoms with Gasteiger partial charge in [0.25, 0.3) is 0 Å². The summed E-state index contributed by atoms with van der Waals surface area (Å²) in [4.78, 5) is 0. The second kappa shape index (κ2) is 5.35. The lowest BCUT2D eigenvalue weighted by molar-refractivity contribution is 0.478. The van der Waals surface area contributed by atoms with Crippen molar-refractivity contribution in [3.63, 3.8) is 0 Å². The Morgan fingerprint density at radius 1 is 0.480 bits per heavy atom. The zero-order valence-corrected chi connectivity index (χ0v) is 13.6. The van der Waals surface area contributed by atoms with E-state index >= 15 is 0 Å². The van der Waals surface area contributed by atoms with E-state index in [1.54, 1.807) is 6.07 Å². The SMILES string of the molecule is Oc1ccc2ccccc2c1-c1cccc2cc3ccccc3cc12. The Balaban J connectivity index is 1.93. The van der Waals surface area contributed by atoms with E-state index in [4.69, 9.17) is 0 Å². The van der Waals surface area contributed by atoms with Crippen molar-refractivity contribution in [2.45, 2.75) is 0 Å². The molecule has 0 spiro atoms. The van der Waals surface area contributed by atoms with Gasteiger partial charge in [0, 0.05) is 5.56 Å². The largest absolute Gasteiger partial charge is 0.507 e. The Hall–Kier alpha value is -3.32. The van der Waals surface area contributed by atoms with Crippen molar-refractivity contribution < 1.29 is 5.11 Å². The highest BCUT2D eigenvalue weighted by Gasteiger charge is 2.12. The average Bonchev–Trinajstić information content (AvgIpc) is 2.66. The molecule has 0 aliphatic carbocycles. The van der Waals surface area contributed by atoms with E-state index in [1.807, 2.05) is 18.2 Å². The number of phenols is 1. The zero-order valence-electron chi connectivity index (χ0n) is 13.6. The molecule has 5 aromatic rings. The number of hydrogen-bond acceptors (Lipinski definition) is 1. The van der Waals surface area contributed by atoms with Crippen LogP contribution in [0.3, 0.4) is 0 Å². The standard InChI is InChI=1S/C24H16O/c25-23-13-12-16-6-3-4-10-20(16)24(23)21-11-5-9-19-14-17-7-1-2-8-18(17)15-22(19)21/h1-15,25H. The monoisotopic (exact) mass is 320 g/mol. The maximum absolute atomic E-state index is 10.6. The fourth-order valence-electron chi connectivity index (χ4n) is 3.73. The first-order valence-corrected chi connectivity index (χ1v) is 8.44. The average molecular weight is 320 g/mol. The molecule has 0 fully saturated rings. The highest BCUT2D eigenvalue weighted by Crippen LogP contribution is 2.40. The topological polar surface area (TPSA) is 20.2 Å². The molecule has 0 heterocycles. The van der Waals surface area contributed by atoms with E-state index in [9.17, 15) is 5.11 Å². The van der Waals surface area contributed by atoms with Gasteiger partial charge in [-0.2, -0.15) is 0 Å². The minimum atomic E-state index is 0.319. The van der Waals surface area contributed by atoms with Crippen LogP contribution < -0.4 is 0 Å². The molecule has 0 aromatic heterocycles. The lowest BCUT2D eigenvalue weighted by Gasteiger charge is -2.13. The predicted octanol–water partition coefficient (Wildman–Crippen LogP) is 6.52. The molecule has 1 N–H and O–H groups in total. The molecular formula is C24H16O. The highest BCUT2D eigenvalue weighted by atomic mass is 16.3. The third-order valence-corrected chi connectivity index (χ3v) is 4.92. The van der Waals surface area contributed by atoms with Crippen LogP contribution in [0.1, 0.15) is 0 Å². The quantitative estimate of drug-likeness (QED) is 0.349. The van der Waals surface area contributed by atoms with Crippen LogP contribution >= 0.6 is 0 Å². The van der Waals surface area contributed by atoms with Crippen LogP contribution in [0, 0.1) is 0 Å². The third-order valence-electron chi connectivity index (χ3n) is 4.92. The summed E-state index contributed by atoms with van der Waals surface area (Å²) in [6.45, 7) is 0. The number of aromatic hydroxyl groups is 1. The molecule has 25 heavy (non-hydrogen) atoms. The second-order valence-corrected chi connectivity index (χ2v) is 6.41. The van der Waals surface area contributed by atoms with Gasteiger partial charge < -0.3 is 5.11 Å². The van der Waals surface area contributed by atoms with Gasteiger partial charge in [0.15, 0.2) is 0 Å². The Morgan fingerprint density at radius 3 is 2.00 bits per heavy atom. The summed E-state index contributed by atoms with van der Waals surface area (Å²) in [5.41, 5.74) is 1.97. The molecule has 118 valence electrons. The summed E-state index contributed by atoms with van der Waals surface area (Å²) < 4.78 is 0. The van der Waals surface area contributed by atoms with Gasteiger partial charge in [-0.05, 0) is 56.1 Å². The van der Waals surface area contributed by atoms with Crippen molar-refractivity contribution >= 4 is 32.3 Å². The molecule has 0 radical (unpaired) electrons. The molecule has 1 heteroatoms. The maximum atomic E-state index is 10.6. The van der Waals surface area contributed by atoms with Gasteiger partial charge in [-0.3, -0.25) is 0 Å². The van der Waals surface area contributed by atoms with E-state index < -0.39 is 0 Å². The summed E-state index contributed by atoms with van der Waals surface area (Å²) in [6.07, 6.45) is 0. The minimum absolute atomic E-state index is 0.319. The first-order chi connectivity index (χ1) is 12.3. The predicted molar refractivity (Wildman–Crippen MR) is 106 cm³/mol. The van der Waals surface area contributed by atoms with Gasteiger partial charge in [0.2, 0.25) is 0 Å². The van der Waals surface area contributed by atoms with Crippen LogP contribution in [0.2, 0.25) is 0 Å². The molecule has 0 bridgehead atoms. The van der Waals surface area contributed by atoms with Gasteiger partial charge in [-0.15, -0.1) is 0 Å². The minimum Gasteiger partial charge on any atom is -0.507 e. The second-order valence-electron chi connectivity index (χ2n) is 6.41. The van der Waals surface area contributed by atoms with Crippen molar-refractivity contribution in [2.24, 2.45) is 0 Å². The lowest BCUT2D eigenvalue weighted by Crippen LogP contribution is -1.86. The van der Waals surface area contributed by atoms with Crippen LogP contribution in [0.25, 0.3) is 43.4 Å². The van der Waals surface area contributed by atoms with Gasteiger partial charge in [0.05, 0.1) is 0 Å². The molecule has 5 aromatic carbocycles. The van der Waals surface area contributed by atoms with Crippen LogP contribution in [0.15, 0.2) is 91.0 Å². The van der Waals surface area contributed by atoms with Crippen molar-refractivity contribution in [3.05, 3.63) is 91.0 Å². The van der Waals surface area contributed by atoms with E-state index in [0.29, 0.717) is 5.75 Å². The Bertz CT molecular complexity index is 1250. The maximum Gasteiger partial charge on any atom is 0.124 e. The fraction of sp³-hybridized carbons (Fsp3) is 0. The number of phenolic OH excluding ortho intramolecular Hbond substituents is 1. The van der Waals surface area contributed by atoms with Gasteiger partial charge in [0.1, 0.15) is 5.75 Å². The Kier molecular flexibility index (Phi) is 3.01. The van der Waals surface area contributed by atoms with Crippen LogP contribution in [0.4, 0.5) is 0 Å². The Morgan fingerprint density at radius 2 is 1.16 bits per heavy atom. The molecule has 0 aliphatic heterocycles. The van der Waals surface area contributed by atoms with Crippen LogP contribution in [-0.2, 0) is 0 Å². The summed E-state index contributed by atoms with van der Waals surface area (Å²) in [5.74, 6) is 0.319. The van der Waals surface area contributed by atoms with Crippen molar-refractivity contribution in [2.75, 3.05) is 0 Å². The molecule has 1 nitrogen and oxygen atoms in total. The Labute approximate surface area is 145 Å². The van der Waals surface area contributed by atoms with Gasteiger partial charge >= 0.3 is 0 Å². The molecular weight excluding hydrogens is 304 g/mol. The molecule has 0 saturated heterocycles. The summed E-state index contributed by atoms with van der Waals surface area (Å²) >= 11 is 0. The van der Waals surface area contributed by atoms with Gasteiger partial charge in [-0.25, -0.2) is 0 Å². The fourth-order valence-corrected chi connectivity index (χ4v) is 3.73. The first kappa shape index (κ1) is 14.1.